The van der Waals surface area contributed by atoms with E-state index in [9.17, 15) is 0 Å². The van der Waals surface area contributed by atoms with Gasteiger partial charge in [-0.3, -0.25) is 0 Å². The molecule has 0 spiro atoms. The number of nitrogens with zero attached hydrogens (tertiary/aromatic N) is 3. The number of rotatable bonds is 5. The SMILES string of the molecule is Cc1ccc(Cn2cnc(CNC3CC3)n2)c(Cl)c1. The first-order chi connectivity index (χ1) is 9.20. The van der Waals surface area contributed by atoms with E-state index in [-0.39, 0.29) is 0 Å². The predicted octanol–water partition coefficient (Wildman–Crippen LogP) is 2.54. The van der Waals surface area contributed by atoms with Crippen molar-refractivity contribution in [1.29, 1.82) is 0 Å². The molecule has 4 nitrogen and oxygen atoms in total. The van der Waals surface area contributed by atoms with Crippen LogP contribution in [0.25, 0.3) is 0 Å². The first-order valence-corrected chi connectivity index (χ1v) is 6.95. The molecule has 3 rings (SSSR count). The minimum Gasteiger partial charge on any atom is -0.307 e. The highest BCUT2D eigenvalue weighted by Crippen LogP contribution is 2.19. The largest absolute Gasteiger partial charge is 0.307 e. The molecular weight excluding hydrogens is 260 g/mol. The van der Waals surface area contributed by atoms with Crippen LogP contribution in [0, 0.1) is 6.92 Å². The Morgan fingerprint density at radius 3 is 3.00 bits per heavy atom. The van der Waals surface area contributed by atoms with E-state index in [4.69, 9.17) is 11.6 Å². The van der Waals surface area contributed by atoms with Gasteiger partial charge in [0.1, 0.15) is 6.33 Å². The van der Waals surface area contributed by atoms with Crippen LogP contribution in [0.15, 0.2) is 24.5 Å². The van der Waals surface area contributed by atoms with E-state index in [0.717, 1.165) is 23.0 Å². The van der Waals surface area contributed by atoms with Gasteiger partial charge in [-0.05, 0) is 37.0 Å². The summed E-state index contributed by atoms with van der Waals surface area (Å²) >= 11 is 6.22. The van der Waals surface area contributed by atoms with Gasteiger partial charge in [0.15, 0.2) is 5.82 Å². The minimum absolute atomic E-state index is 0.662. The molecule has 0 bridgehead atoms. The van der Waals surface area contributed by atoms with Gasteiger partial charge in [0, 0.05) is 11.1 Å². The number of hydrogen-bond acceptors (Lipinski definition) is 3. The van der Waals surface area contributed by atoms with Crippen LogP contribution in [0.3, 0.4) is 0 Å². The number of hydrogen-bond donors (Lipinski definition) is 1. The van der Waals surface area contributed by atoms with Crippen LogP contribution in [-0.4, -0.2) is 20.8 Å². The average molecular weight is 277 g/mol. The van der Waals surface area contributed by atoms with Crippen molar-refractivity contribution in [2.45, 2.75) is 38.9 Å². The molecule has 0 atom stereocenters. The minimum atomic E-state index is 0.662. The normalized spacial score (nSPS) is 14.8. The summed E-state index contributed by atoms with van der Waals surface area (Å²) in [4.78, 5) is 4.31. The quantitative estimate of drug-likeness (QED) is 0.913. The van der Waals surface area contributed by atoms with Crippen LogP contribution in [0.2, 0.25) is 5.02 Å². The highest BCUT2D eigenvalue weighted by molar-refractivity contribution is 6.31. The summed E-state index contributed by atoms with van der Waals surface area (Å²) in [5.41, 5.74) is 2.24. The Morgan fingerprint density at radius 2 is 2.26 bits per heavy atom. The summed E-state index contributed by atoms with van der Waals surface area (Å²) in [6, 6.07) is 6.76. The molecule has 0 radical (unpaired) electrons. The molecule has 1 aromatic heterocycles. The number of aromatic nitrogens is 3. The van der Waals surface area contributed by atoms with E-state index in [1.807, 2.05) is 23.7 Å². The van der Waals surface area contributed by atoms with Crippen molar-refractivity contribution in [3.8, 4) is 0 Å². The zero-order valence-corrected chi connectivity index (χ0v) is 11.7. The molecule has 5 heteroatoms. The Balaban J connectivity index is 1.65. The van der Waals surface area contributed by atoms with E-state index in [0.29, 0.717) is 12.6 Å². The van der Waals surface area contributed by atoms with Crippen molar-refractivity contribution < 1.29 is 0 Å². The lowest BCUT2D eigenvalue weighted by molar-refractivity contribution is 0.628. The number of halogens is 1. The second kappa shape index (κ2) is 5.31. The van der Waals surface area contributed by atoms with Gasteiger partial charge in [0.2, 0.25) is 0 Å². The van der Waals surface area contributed by atoms with Crippen LogP contribution in [0.1, 0.15) is 29.8 Å². The van der Waals surface area contributed by atoms with Gasteiger partial charge < -0.3 is 5.32 Å². The second-order valence-electron chi connectivity index (χ2n) is 5.11. The Hall–Kier alpha value is -1.39. The van der Waals surface area contributed by atoms with Crippen molar-refractivity contribution in [2.24, 2.45) is 0 Å². The smallest absolute Gasteiger partial charge is 0.164 e. The molecule has 0 aliphatic heterocycles. The lowest BCUT2D eigenvalue weighted by Gasteiger charge is -2.05. The Kier molecular flexibility index (Phi) is 3.53. The zero-order chi connectivity index (χ0) is 13.2. The maximum atomic E-state index is 6.22. The molecule has 1 aromatic carbocycles. The number of benzene rings is 1. The van der Waals surface area contributed by atoms with E-state index in [1.165, 1.54) is 18.4 Å². The van der Waals surface area contributed by atoms with Gasteiger partial charge in [-0.2, -0.15) is 5.10 Å². The van der Waals surface area contributed by atoms with E-state index < -0.39 is 0 Å². The molecule has 1 aliphatic rings. The van der Waals surface area contributed by atoms with Crippen molar-refractivity contribution >= 4 is 11.6 Å². The molecule has 1 aliphatic carbocycles. The topological polar surface area (TPSA) is 42.7 Å². The van der Waals surface area contributed by atoms with Gasteiger partial charge in [-0.1, -0.05) is 23.7 Å². The summed E-state index contributed by atoms with van der Waals surface area (Å²) in [7, 11) is 0. The highest BCUT2D eigenvalue weighted by atomic mass is 35.5. The van der Waals surface area contributed by atoms with Crippen molar-refractivity contribution in [1.82, 2.24) is 20.1 Å². The standard InChI is InChI=1S/C14H17ClN4/c1-10-2-3-11(13(15)6-10)8-19-9-17-14(18-19)7-16-12-4-5-12/h2-3,6,9,12,16H,4-5,7-8H2,1H3. The average Bonchev–Trinajstić information content (AvgIpc) is 3.10. The summed E-state index contributed by atoms with van der Waals surface area (Å²) in [6.45, 7) is 3.45. The van der Waals surface area contributed by atoms with Crippen LogP contribution in [-0.2, 0) is 13.1 Å². The van der Waals surface area contributed by atoms with Gasteiger partial charge in [-0.25, -0.2) is 9.67 Å². The van der Waals surface area contributed by atoms with Gasteiger partial charge in [-0.15, -0.1) is 0 Å². The maximum Gasteiger partial charge on any atom is 0.164 e. The summed E-state index contributed by atoms with van der Waals surface area (Å²) < 4.78 is 1.83. The van der Waals surface area contributed by atoms with Crippen molar-refractivity contribution in [2.75, 3.05) is 0 Å². The predicted molar refractivity (Wildman–Crippen MR) is 75.2 cm³/mol. The maximum absolute atomic E-state index is 6.22. The van der Waals surface area contributed by atoms with Crippen molar-refractivity contribution in [3.05, 3.63) is 46.5 Å². The zero-order valence-electron chi connectivity index (χ0n) is 10.9. The Morgan fingerprint density at radius 1 is 1.42 bits per heavy atom. The molecule has 100 valence electrons. The van der Waals surface area contributed by atoms with Crippen LogP contribution >= 0.6 is 11.6 Å². The second-order valence-corrected chi connectivity index (χ2v) is 5.52. The first-order valence-electron chi connectivity index (χ1n) is 6.57. The Bertz CT molecular complexity index is 575. The van der Waals surface area contributed by atoms with Crippen molar-refractivity contribution in [3.63, 3.8) is 0 Å². The molecule has 1 fully saturated rings. The molecular formula is C14H17ClN4. The molecule has 0 saturated heterocycles. The third kappa shape index (κ3) is 3.33. The third-order valence-corrected chi connectivity index (χ3v) is 3.60. The first kappa shape index (κ1) is 12.6. The lowest BCUT2D eigenvalue weighted by Crippen LogP contribution is -2.16. The Labute approximate surface area is 117 Å². The fraction of sp³-hybridized carbons (Fsp3) is 0.429. The van der Waals surface area contributed by atoms with Crippen LogP contribution in [0.4, 0.5) is 0 Å². The fourth-order valence-electron chi connectivity index (χ4n) is 1.97. The molecule has 2 aromatic rings. The molecule has 1 heterocycles. The van der Waals surface area contributed by atoms with Gasteiger partial charge >= 0.3 is 0 Å². The van der Waals surface area contributed by atoms with E-state index >= 15 is 0 Å². The summed E-state index contributed by atoms with van der Waals surface area (Å²) in [5, 5.41) is 8.64. The number of nitrogens with one attached hydrogen (secondary N) is 1. The van der Waals surface area contributed by atoms with Gasteiger partial charge in [0.05, 0.1) is 13.1 Å². The highest BCUT2D eigenvalue weighted by Gasteiger charge is 2.20. The molecule has 19 heavy (non-hydrogen) atoms. The summed E-state index contributed by atoms with van der Waals surface area (Å²) in [5.74, 6) is 0.843. The third-order valence-electron chi connectivity index (χ3n) is 3.25. The van der Waals surface area contributed by atoms with E-state index in [1.54, 1.807) is 6.33 Å². The fourth-order valence-corrected chi connectivity index (χ4v) is 2.26. The van der Waals surface area contributed by atoms with Crippen LogP contribution in [0.5, 0.6) is 0 Å². The molecule has 0 amide bonds. The molecule has 1 saturated carbocycles. The molecule has 0 unspecified atom stereocenters. The summed E-state index contributed by atoms with van der Waals surface area (Å²) in [6.07, 6.45) is 4.32. The van der Waals surface area contributed by atoms with E-state index in [2.05, 4.69) is 21.5 Å². The molecule has 1 N–H and O–H groups in total. The van der Waals surface area contributed by atoms with Crippen LogP contribution < -0.4 is 5.32 Å². The van der Waals surface area contributed by atoms with Gasteiger partial charge in [0.25, 0.3) is 0 Å². The lowest BCUT2D eigenvalue weighted by atomic mass is 10.1. The number of aryl methyl sites for hydroxylation is 1. The monoisotopic (exact) mass is 276 g/mol.